The molecule has 2 aromatic rings. The second kappa shape index (κ2) is 7.94. The molecule has 2 rings (SSSR count). The predicted octanol–water partition coefficient (Wildman–Crippen LogP) is 2.73. The molecule has 24 heavy (non-hydrogen) atoms. The summed E-state index contributed by atoms with van der Waals surface area (Å²) in [5.41, 5.74) is 1.15. The zero-order chi connectivity index (χ0) is 17.6. The quantitative estimate of drug-likeness (QED) is 0.629. The highest BCUT2D eigenvalue weighted by Gasteiger charge is 2.09. The average molecular weight is 367 g/mol. The number of hydrogen-bond acceptors (Lipinski definition) is 5. The van der Waals surface area contributed by atoms with Crippen LogP contribution in [0.2, 0.25) is 5.02 Å². The molecule has 0 saturated carbocycles. The van der Waals surface area contributed by atoms with Crippen LogP contribution in [0.3, 0.4) is 0 Å². The highest BCUT2D eigenvalue weighted by Crippen LogP contribution is 2.15. The van der Waals surface area contributed by atoms with Gasteiger partial charge in [-0.05, 0) is 35.9 Å². The molecule has 0 unspecified atom stereocenters. The Morgan fingerprint density at radius 2 is 1.96 bits per heavy atom. The van der Waals surface area contributed by atoms with Crippen molar-refractivity contribution in [3.63, 3.8) is 0 Å². The van der Waals surface area contributed by atoms with Gasteiger partial charge in [0.1, 0.15) is 0 Å². The van der Waals surface area contributed by atoms with E-state index in [2.05, 4.69) is 10.5 Å². The van der Waals surface area contributed by atoms with Gasteiger partial charge in [-0.1, -0.05) is 35.0 Å². The summed E-state index contributed by atoms with van der Waals surface area (Å²) in [7, 11) is -3.33. The molecule has 0 radical (unpaired) electrons. The van der Waals surface area contributed by atoms with Crippen molar-refractivity contribution in [2.24, 2.45) is 5.16 Å². The summed E-state index contributed by atoms with van der Waals surface area (Å²) < 4.78 is 22.9. The topological polar surface area (TPSA) is 84.8 Å². The van der Waals surface area contributed by atoms with Gasteiger partial charge in [-0.25, -0.2) is 8.42 Å². The van der Waals surface area contributed by atoms with Crippen LogP contribution in [0.15, 0.2) is 58.6 Å². The number of sulfone groups is 1. The molecule has 6 nitrogen and oxygen atoms in total. The molecule has 8 heteroatoms. The number of oxime groups is 1. The molecule has 1 N–H and O–H groups in total. The van der Waals surface area contributed by atoms with Gasteiger partial charge in [0.15, 0.2) is 16.4 Å². The van der Waals surface area contributed by atoms with E-state index in [1.165, 1.54) is 18.3 Å². The zero-order valence-electron chi connectivity index (χ0n) is 12.8. The molecule has 2 aromatic carbocycles. The molecule has 0 aliphatic heterocycles. The molecular formula is C16H15ClN2O4S. The minimum Gasteiger partial charge on any atom is -0.386 e. The van der Waals surface area contributed by atoms with Gasteiger partial charge in [-0.2, -0.15) is 0 Å². The molecule has 0 bridgehead atoms. The van der Waals surface area contributed by atoms with Crippen molar-refractivity contribution in [2.45, 2.75) is 4.90 Å². The highest BCUT2D eigenvalue weighted by molar-refractivity contribution is 7.90. The Kier molecular flexibility index (Phi) is 5.94. The lowest BCUT2D eigenvalue weighted by Crippen LogP contribution is -2.17. The monoisotopic (exact) mass is 366 g/mol. The first-order valence-electron chi connectivity index (χ1n) is 6.85. The average Bonchev–Trinajstić information content (AvgIpc) is 2.53. The molecular weight excluding hydrogens is 352 g/mol. The van der Waals surface area contributed by atoms with Crippen LogP contribution in [-0.2, 0) is 19.5 Å². The molecule has 0 aliphatic rings. The summed E-state index contributed by atoms with van der Waals surface area (Å²) in [4.78, 5) is 16.8. The second-order valence-corrected chi connectivity index (χ2v) is 7.36. The standard InChI is InChI=1S/C16H15ClN2O4S/c1-24(21,22)15-4-2-3-14(9-15)19-16(20)11-23-18-10-12-5-7-13(17)8-6-12/h2-10H,11H2,1H3,(H,19,20)/b18-10-. The maximum atomic E-state index is 11.8. The summed E-state index contributed by atoms with van der Waals surface area (Å²) in [5, 5.41) is 6.84. The number of carbonyl (C=O) groups excluding carboxylic acids is 1. The number of benzene rings is 2. The predicted molar refractivity (Wildman–Crippen MR) is 93.2 cm³/mol. The van der Waals surface area contributed by atoms with Gasteiger partial charge in [0.25, 0.3) is 5.91 Å². The minimum absolute atomic E-state index is 0.127. The molecule has 0 saturated heterocycles. The fraction of sp³-hybridized carbons (Fsp3) is 0.125. The number of halogens is 1. The van der Waals surface area contributed by atoms with E-state index in [1.807, 2.05) is 0 Å². The van der Waals surface area contributed by atoms with Gasteiger partial charge in [0, 0.05) is 17.0 Å². The number of anilines is 1. The van der Waals surface area contributed by atoms with Crippen LogP contribution >= 0.6 is 11.6 Å². The lowest BCUT2D eigenvalue weighted by atomic mass is 10.2. The number of nitrogens with one attached hydrogen (secondary N) is 1. The molecule has 0 aromatic heterocycles. The molecule has 1 amide bonds. The van der Waals surface area contributed by atoms with E-state index in [9.17, 15) is 13.2 Å². The number of nitrogens with zero attached hydrogens (tertiary/aromatic N) is 1. The first-order chi connectivity index (χ1) is 11.3. The summed E-state index contributed by atoms with van der Waals surface area (Å²) >= 11 is 5.76. The van der Waals surface area contributed by atoms with Crippen LogP contribution in [0, 0.1) is 0 Å². The van der Waals surface area contributed by atoms with Crippen molar-refractivity contribution in [2.75, 3.05) is 18.2 Å². The Hall–Kier alpha value is -2.38. The van der Waals surface area contributed by atoms with E-state index < -0.39 is 15.7 Å². The Bertz CT molecular complexity index is 849. The van der Waals surface area contributed by atoms with Crippen LogP contribution in [0.4, 0.5) is 5.69 Å². The van der Waals surface area contributed by atoms with Crippen LogP contribution in [-0.4, -0.2) is 33.4 Å². The summed E-state index contributed by atoms with van der Waals surface area (Å²) in [5.74, 6) is -0.450. The molecule has 0 atom stereocenters. The fourth-order valence-corrected chi connectivity index (χ4v) is 2.54. The third kappa shape index (κ3) is 5.68. The summed E-state index contributed by atoms with van der Waals surface area (Å²) in [6, 6.07) is 12.9. The summed E-state index contributed by atoms with van der Waals surface area (Å²) in [6.07, 6.45) is 2.55. The van der Waals surface area contributed by atoms with Gasteiger partial charge in [0.2, 0.25) is 0 Å². The lowest BCUT2D eigenvalue weighted by Gasteiger charge is -2.06. The van der Waals surface area contributed by atoms with Crippen molar-refractivity contribution in [3.8, 4) is 0 Å². The van der Waals surface area contributed by atoms with Gasteiger partial charge >= 0.3 is 0 Å². The van der Waals surface area contributed by atoms with E-state index in [4.69, 9.17) is 16.4 Å². The molecule has 0 fully saturated rings. The number of hydrogen-bond donors (Lipinski definition) is 1. The Balaban J connectivity index is 1.86. The fourth-order valence-electron chi connectivity index (χ4n) is 1.74. The van der Waals surface area contributed by atoms with Gasteiger partial charge in [-0.15, -0.1) is 0 Å². The van der Waals surface area contributed by atoms with E-state index >= 15 is 0 Å². The van der Waals surface area contributed by atoms with Gasteiger partial charge in [-0.3, -0.25) is 4.79 Å². The van der Waals surface area contributed by atoms with Gasteiger partial charge in [0.05, 0.1) is 11.1 Å². The maximum absolute atomic E-state index is 11.8. The first-order valence-corrected chi connectivity index (χ1v) is 9.12. The number of amides is 1. The maximum Gasteiger partial charge on any atom is 0.265 e. The molecule has 0 aliphatic carbocycles. The molecule has 126 valence electrons. The summed E-state index contributed by atoms with van der Waals surface area (Å²) in [6.45, 7) is -0.298. The number of rotatable bonds is 6. The SMILES string of the molecule is CS(=O)(=O)c1cccc(NC(=O)CO/N=C\c2ccc(Cl)cc2)c1. The van der Waals surface area contributed by atoms with E-state index in [0.717, 1.165) is 11.8 Å². The third-order valence-corrected chi connectivity index (χ3v) is 4.25. The van der Waals surface area contributed by atoms with Crippen molar-refractivity contribution < 1.29 is 18.0 Å². The Morgan fingerprint density at radius 1 is 1.25 bits per heavy atom. The van der Waals surface area contributed by atoms with E-state index in [0.29, 0.717) is 10.7 Å². The van der Waals surface area contributed by atoms with Gasteiger partial charge < -0.3 is 10.2 Å². The molecule has 0 spiro atoms. The minimum atomic E-state index is -3.33. The normalized spacial score (nSPS) is 11.4. The Morgan fingerprint density at radius 3 is 2.62 bits per heavy atom. The second-order valence-electron chi connectivity index (χ2n) is 4.91. The first kappa shape index (κ1) is 18.0. The smallest absolute Gasteiger partial charge is 0.265 e. The van der Waals surface area contributed by atoms with Crippen LogP contribution in [0.1, 0.15) is 5.56 Å². The zero-order valence-corrected chi connectivity index (χ0v) is 14.3. The molecule has 0 heterocycles. The van der Waals surface area contributed by atoms with E-state index in [-0.39, 0.29) is 11.5 Å². The highest BCUT2D eigenvalue weighted by atomic mass is 35.5. The Labute approximate surface area is 145 Å². The van der Waals surface area contributed by atoms with Crippen molar-refractivity contribution in [1.29, 1.82) is 0 Å². The van der Waals surface area contributed by atoms with Crippen LogP contribution < -0.4 is 5.32 Å². The van der Waals surface area contributed by atoms with Crippen LogP contribution in [0.5, 0.6) is 0 Å². The van der Waals surface area contributed by atoms with Crippen molar-refractivity contribution in [3.05, 3.63) is 59.1 Å². The van der Waals surface area contributed by atoms with Crippen LogP contribution in [0.25, 0.3) is 0 Å². The van der Waals surface area contributed by atoms with Crippen molar-refractivity contribution >= 4 is 39.2 Å². The van der Waals surface area contributed by atoms with Crippen molar-refractivity contribution in [1.82, 2.24) is 0 Å². The lowest BCUT2D eigenvalue weighted by molar-refractivity contribution is -0.120. The largest absolute Gasteiger partial charge is 0.386 e. The van der Waals surface area contributed by atoms with E-state index in [1.54, 1.807) is 36.4 Å². The third-order valence-electron chi connectivity index (χ3n) is 2.89. The number of carbonyl (C=O) groups is 1.